The zero-order chi connectivity index (χ0) is 13.0. The van der Waals surface area contributed by atoms with E-state index in [0.717, 1.165) is 0 Å². The summed E-state index contributed by atoms with van der Waals surface area (Å²) >= 11 is 5.73. The summed E-state index contributed by atoms with van der Waals surface area (Å²) in [6, 6.07) is 6.57. The van der Waals surface area contributed by atoms with Crippen LogP contribution in [0.4, 0.5) is 0 Å². The van der Waals surface area contributed by atoms with Crippen molar-refractivity contribution < 1.29 is 19.8 Å². The summed E-state index contributed by atoms with van der Waals surface area (Å²) in [6.07, 6.45) is 0.435. The van der Waals surface area contributed by atoms with Gasteiger partial charge >= 0.3 is 11.9 Å². The monoisotopic (exact) mass is 256 g/mol. The zero-order valence-electron chi connectivity index (χ0n) is 9.26. The van der Waals surface area contributed by atoms with E-state index in [1.165, 1.54) is 0 Å². The minimum atomic E-state index is -1.43. The molecule has 0 heterocycles. The molecule has 0 saturated carbocycles. The molecule has 92 valence electrons. The van der Waals surface area contributed by atoms with Crippen molar-refractivity contribution in [1.29, 1.82) is 0 Å². The molecule has 0 unspecified atom stereocenters. The quantitative estimate of drug-likeness (QED) is 0.794. The summed E-state index contributed by atoms with van der Waals surface area (Å²) < 4.78 is 0. The molecule has 1 atom stereocenters. The number of carbonyl (C=O) groups is 2. The van der Waals surface area contributed by atoms with E-state index in [-0.39, 0.29) is 0 Å². The van der Waals surface area contributed by atoms with E-state index >= 15 is 0 Å². The molecule has 1 rings (SSSR count). The van der Waals surface area contributed by atoms with Gasteiger partial charge < -0.3 is 10.2 Å². The third-order valence-electron chi connectivity index (χ3n) is 2.67. The van der Waals surface area contributed by atoms with Gasteiger partial charge in [-0.05, 0) is 24.1 Å². The standard InChI is InChI=1S/C12H13ClO4/c1-2-9(10(11(14)15)12(16)17)7-3-5-8(13)6-4-7/h3-6,9-10H,2H2,1H3,(H,14,15)(H,16,17)/t9-/m1/s1. The van der Waals surface area contributed by atoms with Crippen LogP contribution in [0.3, 0.4) is 0 Å². The molecule has 5 heteroatoms. The summed E-state index contributed by atoms with van der Waals surface area (Å²) in [7, 11) is 0. The summed E-state index contributed by atoms with van der Waals surface area (Å²) in [4.78, 5) is 21.9. The Hall–Kier alpha value is -1.55. The Morgan fingerprint density at radius 1 is 1.18 bits per heavy atom. The van der Waals surface area contributed by atoms with Crippen molar-refractivity contribution >= 4 is 23.5 Å². The average molecular weight is 257 g/mol. The smallest absolute Gasteiger partial charge is 0.318 e. The molecular weight excluding hydrogens is 244 g/mol. The van der Waals surface area contributed by atoms with Crippen molar-refractivity contribution in [3.8, 4) is 0 Å². The van der Waals surface area contributed by atoms with Gasteiger partial charge in [-0.1, -0.05) is 30.7 Å². The Labute approximate surface area is 104 Å². The number of halogens is 1. The molecule has 0 aliphatic heterocycles. The molecule has 0 spiro atoms. The van der Waals surface area contributed by atoms with Crippen molar-refractivity contribution in [3.63, 3.8) is 0 Å². The van der Waals surface area contributed by atoms with Crippen LogP contribution in [0, 0.1) is 5.92 Å². The maximum atomic E-state index is 11.0. The predicted octanol–water partition coefficient (Wildman–Crippen LogP) is 2.62. The zero-order valence-corrected chi connectivity index (χ0v) is 10.0. The van der Waals surface area contributed by atoms with E-state index in [2.05, 4.69) is 0 Å². The van der Waals surface area contributed by atoms with E-state index in [1.807, 2.05) is 0 Å². The first-order valence-corrected chi connectivity index (χ1v) is 5.56. The molecule has 0 fully saturated rings. The fourth-order valence-corrected chi connectivity index (χ4v) is 1.95. The Kier molecular flexibility index (Phi) is 4.52. The van der Waals surface area contributed by atoms with Crippen LogP contribution >= 0.6 is 11.6 Å². The van der Waals surface area contributed by atoms with Gasteiger partial charge in [0, 0.05) is 10.9 Å². The van der Waals surface area contributed by atoms with Crippen LogP contribution < -0.4 is 0 Å². The highest BCUT2D eigenvalue weighted by Crippen LogP contribution is 2.29. The third-order valence-corrected chi connectivity index (χ3v) is 2.92. The Balaban J connectivity index is 3.08. The Morgan fingerprint density at radius 3 is 2.00 bits per heavy atom. The van der Waals surface area contributed by atoms with Crippen molar-refractivity contribution in [2.75, 3.05) is 0 Å². The van der Waals surface area contributed by atoms with E-state index in [0.29, 0.717) is 17.0 Å². The van der Waals surface area contributed by atoms with Crippen molar-refractivity contribution in [1.82, 2.24) is 0 Å². The first kappa shape index (κ1) is 13.5. The molecule has 0 saturated heterocycles. The van der Waals surface area contributed by atoms with Crippen LogP contribution in [0.15, 0.2) is 24.3 Å². The number of carboxylic acid groups (broad SMARTS) is 2. The molecule has 17 heavy (non-hydrogen) atoms. The average Bonchev–Trinajstić information content (AvgIpc) is 2.26. The van der Waals surface area contributed by atoms with Crippen LogP contribution in [0.1, 0.15) is 24.8 Å². The first-order valence-electron chi connectivity index (χ1n) is 5.18. The van der Waals surface area contributed by atoms with E-state index in [9.17, 15) is 9.59 Å². The molecule has 0 aliphatic rings. The number of hydrogen-bond donors (Lipinski definition) is 2. The molecular formula is C12H13ClO4. The van der Waals surface area contributed by atoms with Gasteiger partial charge in [-0.15, -0.1) is 0 Å². The van der Waals surface area contributed by atoms with E-state index in [1.54, 1.807) is 31.2 Å². The second-order valence-corrected chi connectivity index (χ2v) is 4.16. The molecule has 0 aromatic heterocycles. The Morgan fingerprint density at radius 2 is 1.65 bits per heavy atom. The molecule has 4 nitrogen and oxygen atoms in total. The lowest BCUT2D eigenvalue weighted by Gasteiger charge is -2.19. The minimum absolute atomic E-state index is 0.435. The van der Waals surface area contributed by atoms with Gasteiger partial charge in [-0.2, -0.15) is 0 Å². The van der Waals surface area contributed by atoms with Crippen LogP contribution in [-0.2, 0) is 9.59 Å². The van der Waals surface area contributed by atoms with Gasteiger partial charge in [0.2, 0.25) is 0 Å². The highest BCUT2D eigenvalue weighted by molar-refractivity contribution is 6.30. The summed E-state index contributed by atoms with van der Waals surface area (Å²) in [5, 5.41) is 18.4. The first-order chi connectivity index (χ1) is 7.97. The van der Waals surface area contributed by atoms with Crippen molar-refractivity contribution in [2.45, 2.75) is 19.3 Å². The molecule has 0 amide bonds. The van der Waals surface area contributed by atoms with Gasteiger partial charge in [0.25, 0.3) is 0 Å². The summed E-state index contributed by atoms with van der Waals surface area (Å²) in [5.74, 6) is -4.62. The van der Waals surface area contributed by atoms with Gasteiger partial charge in [0.1, 0.15) is 0 Å². The Bertz CT molecular complexity index is 399. The van der Waals surface area contributed by atoms with E-state index < -0.39 is 23.8 Å². The molecule has 0 bridgehead atoms. The van der Waals surface area contributed by atoms with Crippen molar-refractivity contribution in [2.24, 2.45) is 5.92 Å². The largest absolute Gasteiger partial charge is 0.481 e. The number of carboxylic acids is 2. The third kappa shape index (κ3) is 3.20. The van der Waals surface area contributed by atoms with Crippen molar-refractivity contribution in [3.05, 3.63) is 34.9 Å². The molecule has 1 aromatic carbocycles. The topological polar surface area (TPSA) is 74.6 Å². The lowest BCUT2D eigenvalue weighted by Crippen LogP contribution is -2.29. The van der Waals surface area contributed by atoms with Gasteiger partial charge in [0.15, 0.2) is 5.92 Å². The number of benzene rings is 1. The van der Waals surface area contributed by atoms with Crippen LogP contribution in [-0.4, -0.2) is 22.2 Å². The SMILES string of the molecule is CC[C@H](c1ccc(Cl)cc1)C(C(=O)O)C(=O)O. The van der Waals surface area contributed by atoms with Gasteiger partial charge in [0.05, 0.1) is 0 Å². The van der Waals surface area contributed by atoms with Gasteiger partial charge in [-0.3, -0.25) is 9.59 Å². The van der Waals surface area contributed by atoms with Gasteiger partial charge in [-0.25, -0.2) is 0 Å². The number of hydrogen-bond acceptors (Lipinski definition) is 2. The second-order valence-electron chi connectivity index (χ2n) is 3.72. The summed E-state index contributed by atoms with van der Waals surface area (Å²) in [5.41, 5.74) is 0.673. The van der Waals surface area contributed by atoms with E-state index in [4.69, 9.17) is 21.8 Å². The normalized spacial score (nSPS) is 12.4. The maximum Gasteiger partial charge on any atom is 0.318 e. The highest BCUT2D eigenvalue weighted by atomic mass is 35.5. The fraction of sp³-hybridized carbons (Fsp3) is 0.333. The second kappa shape index (κ2) is 5.68. The molecule has 1 aromatic rings. The highest BCUT2D eigenvalue weighted by Gasteiger charge is 2.34. The fourth-order valence-electron chi connectivity index (χ4n) is 1.82. The lowest BCUT2D eigenvalue weighted by atomic mass is 9.84. The molecule has 0 aliphatic carbocycles. The molecule has 0 radical (unpaired) electrons. The number of aliphatic carboxylic acids is 2. The number of rotatable bonds is 5. The van der Waals surface area contributed by atoms with Crippen LogP contribution in [0.25, 0.3) is 0 Å². The predicted molar refractivity (Wildman–Crippen MR) is 63.2 cm³/mol. The summed E-state index contributed by atoms with van der Waals surface area (Å²) in [6.45, 7) is 1.76. The maximum absolute atomic E-state index is 11.0. The van der Waals surface area contributed by atoms with Crippen LogP contribution in [0.2, 0.25) is 5.02 Å². The lowest BCUT2D eigenvalue weighted by molar-refractivity contribution is -0.155. The molecule has 2 N–H and O–H groups in total. The van der Waals surface area contributed by atoms with Crippen LogP contribution in [0.5, 0.6) is 0 Å². The minimum Gasteiger partial charge on any atom is -0.481 e.